The average Bonchev–Trinajstić information content (AvgIpc) is 2.29. The molecule has 1 N–H and O–H groups in total. The van der Waals surface area contributed by atoms with Crippen molar-refractivity contribution in [3.05, 3.63) is 29.3 Å². The molecule has 0 bridgehead atoms. The summed E-state index contributed by atoms with van der Waals surface area (Å²) in [7, 11) is 0. The fraction of sp³-hybridized carbons (Fsp3) is 0.538. The predicted molar refractivity (Wildman–Crippen MR) is 63.4 cm³/mol. The lowest BCUT2D eigenvalue weighted by molar-refractivity contribution is 0.454. The molecule has 1 aromatic carbocycles. The lowest BCUT2D eigenvalue weighted by atomic mass is 10.0. The molecule has 102 valence electrons. The molecule has 0 radical (unpaired) electrons. The highest BCUT2D eigenvalue weighted by Gasteiger charge is 2.20. The molecule has 1 nitrogen and oxygen atoms in total. The highest BCUT2D eigenvalue weighted by atomic mass is 19.2. The first kappa shape index (κ1) is 14.8. The fourth-order valence-electron chi connectivity index (χ4n) is 1.60. The molecule has 0 heterocycles. The Morgan fingerprint density at radius 2 is 1.44 bits per heavy atom. The summed E-state index contributed by atoms with van der Waals surface area (Å²) in [6.45, 7) is 5.76. The molecule has 18 heavy (non-hydrogen) atoms. The summed E-state index contributed by atoms with van der Waals surface area (Å²) in [5.41, 5.74) is -0.733. The highest BCUT2D eigenvalue weighted by molar-refractivity contribution is 5.47. The molecule has 1 atom stereocenters. The minimum atomic E-state index is -1.40. The van der Waals surface area contributed by atoms with Gasteiger partial charge in [-0.25, -0.2) is 17.6 Å². The lowest BCUT2D eigenvalue weighted by Gasteiger charge is -2.17. The van der Waals surface area contributed by atoms with Gasteiger partial charge in [-0.3, -0.25) is 0 Å². The molecule has 0 spiro atoms. The van der Waals surface area contributed by atoms with E-state index < -0.39 is 29.0 Å². The van der Waals surface area contributed by atoms with Crippen molar-refractivity contribution in [1.29, 1.82) is 0 Å². The second-order valence-corrected chi connectivity index (χ2v) is 4.86. The SMILES string of the molecule is CC(C)CCC(C)Nc1c(F)c(F)cc(F)c1F. The average molecular weight is 263 g/mol. The van der Waals surface area contributed by atoms with E-state index in [-0.39, 0.29) is 12.1 Å². The van der Waals surface area contributed by atoms with Crippen LogP contribution in [0.25, 0.3) is 0 Å². The van der Waals surface area contributed by atoms with E-state index in [2.05, 4.69) is 5.32 Å². The summed E-state index contributed by atoms with van der Waals surface area (Å²) in [5.74, 6) is -5.11. The number of hydrogen-bond acceptors (Lipinski definition) is 1. The molecule has 1 aromatic rings. The van der Waals surface area contributed by atoms with Gasteiger partial charge in [-0.2, -0.15) is 0 Å². The van der Waals surface area contributed by atoms with Crippen LogP contribution in [0.2, 0.25) is 0 Å². The van der Waals surface area contributed by atoms with Gasteiger partial charge >= 0.3 is 0 Å². The van der Waals surface area contributed by atoms with Crippen molar-refractivity contribution in [3.8, 4) is 0 Å². The number of benzene rings is 1. The van der Waals surface area contributed by atoms with Gasteiger partial charge in [0.05, 0.1) is 0 Å². The van der Waals surface area contributed by atoms with E-state index in [1.807, 2.05) is 13.8 Å². The molecule has 5 heteroatoms. The Morgan fingerprint density at radius 3 is 1.89 bits per heavy atom. The second kappa shape index (κ2) is 6.07. The molecular weight excluding hydrogens is 246 g/mol. The van der Waals surface area contributed by atoms with Gasteiger partial charge in [0.1, 0.15) is 5.69 Å². The molecule has 0 fully saturated rings. The van der Waals surface area contributed by atoms with Crippen LogP contribution in [-0.2, 0) is 0 Å². The summed E-state index contributed by atoms with van der Waals surface area (Å²) in [5, 5.41) is 2.49. The van der Waals surface area contributed by atoms with E-state index in [4.69, 9.17) is 0 Å². The van der Waals surface area contributed by atoms with Crippen LogP contribution in [0.1, 0.15) is 33.6 Å². The molecule has 0 aliphatic carbocycles. The van der Waals surface area contributed by atoms with Crippen LogP contribution < -0.4 is 5.32 Å². The third-order valence-corrected chi connectivity index (χ3v) is 2.68. The van der Waals surface area contributed by atoms with E-state index in [9.17, 15) is 17.6 Å². The zero-order valence-corrected chi connectivity index (χ0v) is 10.7. The summed E-state index contributed by atoms with van der Waals surface area (Å²) in [6, 6.07) is -0.0631. The Bertz CT molecular complexity index is 392. The van der Waals surface area contributed by atoms with Crippen LogP contribution >= 0.6 is 0 Å². The Labute approximate surface area is 104 Å². The normalized spacial score (nSPS) is 12.9. The van der Waals surface area contributed by atoms with Crippen molar-refractivity contribution >= 4 is 5.69 Å². The van der Waals surface area contributed by atoms with Crippen molar-refractivity contribution in [2.75, 3.05) is 5.32 Å². The van der Waals surface area contributed by atoms with E-state index in [0.717, 1.165) is 6.42 Å². The number of rotatable bonds is 5. The Balaban J connectivity index is 2.84. The third kappa shape index (κ3) is 3.62. The van der Waals surface area contributed by atoms with E-state index in [1.54, 1.807) is 6.92 Å². The van der Waals surface area contributed by atoms with Crippen molar-refractivity contribution < 1.29 is 17.6 Å². The van der Waals surface area contributed by atoms with Crippen LogP contribution in [-0.4, -0.2) is 6.04 Å². The predicted octanol–water partition coefficient (Wildman–Crippen LogP) is 4.48. The minimum Gasteiger partial charge on any atom is -0.378 e. The molecule has 0 saturated carbocycles. The van der Waals surface area contributed by atoms with E-state index in [0.29, 0.717) is 12.3 Å². The lowest BCUT2D eigenvalue weighted by Crippen LogP contribution is -2.18. The maximum absolute atomic E-state index is 13.4. The first-order chi connectivity index (χ1) is 8.32. The molecule has 0 aromatic heterocycles. The van der Waals surface area contributed by atoms with Crippen molar-refractivity contribution in [2.45, 2.75) is 39.7 Å². The van der Waals surface area contributed by atoms with E-state index in [1.165, 1.54) is 0 Å². The smallest absolute Gasteiger partial charge is 0.185 e. The first-order valence-corrected chi connectivity index (χ1v) is 5.92. The van der Waals surface area contributed by atoms with Crippen molar-refractivity contribution in [2.24, 2.45) is 5.92 Å². The van der Waals surface area contributed by atoms with Gasteiger partial charge in [0.15, 0.2) is 23.3 Å². The quantitative estimate of drug-likeness (QED) is 0.610. The van der Waals surface area contributed by atoms with Gasteiger partial charge in [0, 0.05) is 12.1 Å². The van der Waals surface area contributed by atoms with Gasteiger partial charge in [0.2, 0.25) is 0 Å². The molecular formula is C13H17F4N. The summed E-state index contributed by atoms with van der Waals surface area (Å²) < 4.78 is 52.6. The van der Waals surface area contributed by atoms with Gasteiger partial charge < -0.3 is 5.32 Å². The summed E-state index contributed by atoms with van der Waals surface area (Å²) in [4.78, 5) is 0. The van der Waals surface area contributed by atoms with Gasteiger partial charge in [-0.1, -0.05) is 13.8 Å². The Hall–Kier alpha value is -1.26. The second-order valence-electron chi connectivity index (χ2n) is 4.86. The topological polar surface area (TPSA) is 12.0 Å². The van der Waals surface area contributed by atoms with Crippen LogP contribution in [0.4, 0.5) is 23.2 Å². The van der Waals surface area contributed by atoms with Crippen molar-refractivity contribution in [3.63, 3.8) is 0 Å². The van der Waals surface area contributed by atoms with Crippen LogP contribution in [0, 0.1) is 29.2 Å². The Morgan fingerprint density at radius 1 is 0.944 bits per heavy atom. The van der Waals surface area contributed by atoms with Gasteiger partial charge in [-0.05, 0) is 25.7 Å². The van der Waals surface area contributed by atoms with Gasteiger partial charge in [0.25, 0.3) is 0 Å². The maximum Gasteiger partial charge on any atom is 0.185 e. The molecule has 1 rings (SSSR count). The largest absolute Gasteiger partial charge is 0.378 e. The van der Waals surface area contributed by atoms with Crippen LogP contribution in [0.3, 0.4) is 0 Å². The fourth-order valence-corrected chi connectivity index (χ4v) is 1.60. The van der Waals surface area contributed by atoms with E-state index >= 15 is 0 Å². The molecule has 0 aliphatic heterocycles. The standard InChI is InChI=1S/C13H17F4N/c1-7(2)4-5-8(3)18-13-11(16)9(14)6-10(15)12(13)17/h6-8,18H,4-5H2,1-3H3. The maximum atomic E-state index is 13.4. The Kier molecular flexibility index (Phi) is 4.99. The van der Waals surface area contributed by atoms with Crippen LogP contribution in [0.15, 0.2) is 6.07 Å². The molecule has 1 unspecified atom stereocenters. The number of anilines is 1. The number of halogens is 4. The first-order valence-electron chi connectivity index (χ1n) is 5.92. The third-order valence-electron chi connectivity index (χ3n) is 2.68. The minimum absolute atomic E-state index is 0.203. The zero-order chi connectivity index (χ0) is 13.9. The highest BCUT2D eigenvalue weighted by Crippen LogP contribution is 2.25. The summed E-state index contributed by atoms with van der Waals surface area (Å²) >= 11 is 0. The molecule has 0 aliphatic rings. The monoisotopic (exact) mass is 263 g/mol. The zero-order valence-electron chi connectivity index (χ0n) is 10.7. The number of nitrogens with one attached hydrogen (secondary N) is 1. The molecule has 0 amide bonds. The van der Waals surface area contributed by atoms with Gasteiger partial charge in [-0.15, -0.1) is 0 Å². The van der Waals surface area contributed by atoms with Crippen LogP contribution in [0.5, 0.6) is 0 Å². The van der Waals surface area contributed by atoms with Crippen molar-refractivity contribution in [1.82, 2.24) is 0 Å². The molecule has 0 saturated heterocycles. The summed E-state index contributed by atoms with van der Waals surface area (Å²) in [6.07, 6.45) is 1.52. The number of hydrogen-bond donors (Lipinski definition) is 1.